The highest BCUT2D eigenvalue weighted by molar-refractivity contribution is 6.25. The van der Waals surface area contributed by atoms with Crippen molar-refractivity contribution in [2.75, 3.05) is 0 Å². The Labute approximate surface area is 496 Å². The number of para-hydroxylation sites is 3. The van der Waals surface area contributed by atoms with Gasteiger partial charge in [0.25, 0.3) is 0 Å². The summed E-state index contributed by atoms with van der Waals surface area (Å²) in [4.78, 5) is 0. The Morgan fingerprint density at radius 2 is 0.488 bits per heavy atom. The van der Waals surface area contributed by atoms with E-state index in [-0.39, 0.29) is 0 Å². The fourth-order valence-corrected chi connectivity index (χ4v) is 13.7. The van der Waals surface area contributed by atoms with Gasteiger partial charge in [-0.1, -0.05) is 279 Å². The van der Waals surface area contributed by atoms with Crippen LogP contribution in [0, 0.1) is 0 Å². The fraction of sp³-hybridized carbons (Fsp3) is 0. The van der Waals surface area contributed by atoms with E-state index in [1.807, 2.05) is 18.2 Å². The van der Waals surface area contributed by atoms with Crippen LogP contribution < -0.4 is 0 Å². The molecule has 0 aliphatic heterocycles. The van der Waals surface area contributed by atoms with Crippen molar-refractivity contribution < 1.29 is 8.83 Å². The number of rotatable bonds is 6. The van der Waals surface area contributed by atoms with Gasteiger partial charge in [0.2, 0.25) is 0 Å². The third kappa shape index (κ3) is 8.18. The second-order valence-corrected chi connectivity index (χ2v) is 22.6. The monoisotopic (exact) mass is 1090 g/mol. The van der Waals surface area contributed by atoms with Gasteiger partial charge < -0.3 is 8.83 Å². The van der Waals surface area contributed by atoms with E-state index in [4.69, 9.17) is 8.83 Å². The first-order chi connectivity index (χ1) is 42.6. The van der Waals surface area contributed by atoms with E-state index >= 15 is 0 Å². The van der Waals surface area contributed by atoms with Gasteiger partial charge in [-0.05, 0) is 157 Å². The van der Waals surface area contributed by atoms with Crippen molar-refractivity contribution in [2.24, 2.45) is 0 Å². The summed E-state index contributed by atoms with van der Waals surface area (Å²) in [5.74, 6) is 0. The molecule has 18 rings (SSSR count). The second kappa shape index (κ2) is 20.2. The van der Waals surface area contributed by atoms with Crippen LogP contribution >= 0.6 is 0 Å². The fourth-order valence-electron chi connectivity index (χ4n) is 13.7. The molecule has 2 heteroatoms. The van der Waals surface area contributed by atoms with Crippen LogP contribution in [0.1, 0.15) is 0 Å². The van der Waals surface area contributed by atoms with Crippen molar-refractivity contribution in [2.45, 2.75) is 0 Å². The van der Waals surface area contributed by atoms with Gasteiger partial charge in [0, 0.05) is 32.7 Å². The van der Waals surface area contributed by atoms with Crippen molar-refractivity contribution >= 4 is 109 Å². The predicted molar refractivity (Wildman–Crippen MR) is 365 cm³/mol. The van der Waals surface area contributed by atoms with Gasteiger partial charge >= 0.3 is 0 Å². The Morgan fingerprint density at radius 3 is 1.00 bits per heavy atom. The van der Waals surface area contributed by atoms with Gasteiger partial charge in [0.05, 0.1) is 0 Å². The van der Waals surface area contributed by atoms with Crippen molar-refractivity contribution in [3.63, 3.8) is 0 Å². The molecule has 0 radical (unpaired) electrons. The zero-order valence-corrected chi connectivity index (χ0v) is 46.8. The lowest BCUT2D eigenvalue weighted by molar-refractivity contribution is 0.669. The number of furan rings is 2. The molecule has 0 aliphatic rings. The molecule has 2 nitrogen and oxygen atoms in total. The Kier molecular flexibility index (Phi) is 11.6. The molecule has 0 N–H and O–H groups in total. The Hall–Kier alpha value is -11.3. The van der Waals surface area contributed by atoms with E-state index in [0.29, 0.717) is 0 Å². The van der Waals surface area contributed by atoms with Crippen LogP contribution in [0.5, 0.6) is 0 Å². The summed E-state index contributed by atoms with van der Waals surface area (Å²) in [6.45, 7) is 0. The molecule has 0 amide bonds. The van der Waals surface area contributed by atoms with Crippen LogP contribution in [0.2, 0.25) is 0 Å². The average molecular weight is 1090 g/mol. The van der Waals surface area contributed by atoms with Crippen LogP contribution in [0.25, 0.3) is 175 Å². The van der Waals surface area contributed by atoms with Crippen LogP contribution in [-0.4, -0.2) is 0 Å². The molecular weight excluding hydrogens is 1040 g/mol. The number of hydrogen-bond acceptors (Lipinski definition) is 2. The SMILES string of the molecule is c1ccc2cc(-c3c4ccccc4c(-c4ccc(-c5ccc6oc7ccccc7c6c5)cc4)c4ccccc34)ccc2c1.c1ccc2cc(-c3ccc(-c4c5ccccc5c(-c5cccc6c5oc5ccccc56)c5ccccc45)cc3)ccc2c1. The molecule has 18 aromatic rings. The molecule has 0 fully saturated rings. The van der Waals surface area contributed by atoms with Gasteiger partial charge in [-0.3, -0.25) is 0 Å². The van der Waals surface area contributed by atoms with Crippen LogP contribution in [0.3, 0.4) is 0 Å². The molecule has 0 aliphatic carbocycles. The van der Waals surface area contributed by atoms with Gasteiger partial charge in [0.15, 0.2) is 0 Å². The van der Waals surface area contributed by atoms with Crippen molar-refractivity contribution in [3.8, 4) is 66.8 Å². The third-order valence-electron chi connectivity index (χ3n) is 17.7. The maximum absolute atomic E-state index is 6.53. The zero-order valence-electron chi connectivity index (χ0n) is 46.8. The maximum Gasteiger partial charge on any atom is 0.143 e. The summed E-state index contributed by atoms with van der Waals surface area (Å²) in [7, 11) is 0. The molecule has 0 saturated carbocycles. The normalized spacial score (nSPS) is 11.7. The molecule has 0 atom stereocenters. The maximum atomic E-state index is 6.53. The summed E-state index contributed by atoms with van der Waals surface area (Å²) in [6, 6.07) is 114. The highest BCUT2D eigenvalue weighted by Gasteiger charge is 2.21. The summed E-state index contributed by atoms with van der Waals surface area (Å²) < 4.78 is 12.6. The summed E-state index contributed by atoms with van der Waals surface area (Å²) in [5, 5.41) is 19.6. The topological polar surface area (TPSA) is 26.3 Å². The quantitative estimate of drug-likeness (QED) is 0.155. The Bertz CT molecular complexity index is 5590. The lowest BCUT2D eigenvalue weighted by Gasteiger charge is -2.18. The second-order valence-electron chi connectivity index (χ2n) is 22.6. The van der Waals surface area contributed by atoms with Crippen molar-refractivity contribution in [3.05, 3.63) is 315 Å². The molecule has 2 aromatic heterocycles. The molecule has 16 aromatic carbocycles. The first-order valence-corrected chi connectivity index (χ1v) is 29.5. The van der Waals surface area contributed by atoms with Crippen LogP contribution in [-0.2, 0) is 0 Å². The van der Waals surface area contributed by atoms with E-state index < -0.39 is 0 Å². The standard InChI is InChI=1S/2C42H26O/c1-2-11-30-26-31(25-22-27(30)10-1)28-20-23-29(24-21-28)40-33-13-3-5-15-35(33)41(36-16-6-4-14-34(36)40)38-18-9-17-37-32-12-7-8-19-39(32)43-42(37)38;1-2-10-30-25-32(22-19-27(30)9-1)42-36-14-5-3-12-34(36)41(35-13-4-6-15-37(35)42)29-20-17-28(18-21-29)31-23-24-40-38(26-31)33-11-7-8-16-39(33)43-40/h2*1-26H. The number of fused-ring (bicyclic) bond motifs is 12. The van der Waals surface area contributed by atoms with Crippen LogP contribution in [0.4, 0.5) is 0 Å². The lowest BCUT2D eigenvalue weighted by atomic mass is 9.85. The van der Waals surface area contributed by atoms with Crippen LogP contribution in [0.15, 0.2) is 324 Å². The van der Waals surface area contributed by atoms with Gasteiger partial charge in [-0.2, -0.15) is 0 Å². The number of hydrogen-bond donors (Lipinski definition) is 0. The minimum Gasteiger partial charge on any atom is -0.456 e. The largest absolute Gasteiger partial charge is 0.456 e. The van der Waals surface area contributed by atoms with E-state index in [0.717, 1.165) is 49.4 Å². The molecule has 2 heterocycles. The van der Waals surface area contributed by atoms with Crippen molar-refractivity contribution in [1.82, 2.24) is 0 Å². The molecule has 0 unspecified atom stereocenters. The van der Waals surface area contributed by atoms with Gasteiger partial charge in [-0.15, -0.1) is 0 Å². The zero-order chi connectivity index (χ0) is 56.7. The van der Waals surface area contributed by atoms with Gasteiger partial charge in [0.1, 0.15) is 22.3 Å². The predicted octanol–water partition coefficient (Wildman–Crippen LogP) is 24.1. The molecule has 86 heavy (non-hydrogen) atoms. The number of benzene rings is 16. The van der Waals surface area contributed by atoms with E-state index in [1.54, 1.807) is 0 Å². The summed E-state index contributed by atoms with van der Waals surface area (Å²) >= 11 is 0. The first-order valence-electron chi connectivity index (χ1n) is 29.5. The summed E-state index contributed by atoms with van der Waals surface area (Å²) in [5.41, 5.74) is 18.4. The smallest absolute Gasteiger partial charge is 0.143 e. The lowest BCUT2D eigenvalue weighted by Crippen LogP contribution is -1.91. The van der Waals surface area contributed by atoms with E-state index in [9.17, 15) is 0 Å². The molecule has 400 valence electrons. The highest BCUT2D eigenvalue weighted by atomic mass is 16.3. The third-order valence-corrected chi connectivity index (χ3v) is 17.7. The highest BCUT2D eigenvalue weighted by Crippen LogP contribution is 2.48. The Balaban J connectivity index is 0.000000134. The average Bonchev–Trinajstić information content (AvgIpc) is 2.74. The van der Waals surface area contributed by atoms with E-state index in [1.165, 1.54) is 126 Å². The molecule has 0 spiro atoms. The molecule has 0 bridgehead atoms. The Morgan fingerprint density at radius 1 is 0.163 bits per heavy atom. The van der Waals surface area contributed by atoms with E-state index in [2.05, 4.69) is 297 Å². The summed E-state index contributed by atoms with van der Waals surface area (Å²) in [6.07, 6.45) is 0. The minimum absolute atomic E-state index is 0.918. The molecular formula is C84H52O2. The first kappa shape index (κ1) is 49.3. The molecule has 0 saturated heterocycles. The van der Waals surface area contributed by atoms with Gasteiger partial charge in [-0.25, -0.2) is 0 Å². The van der Waals surface area contributed by atoms with Crippen molar-refractivity contribution in [1.29, 1.82) is 0 Å². The minimum atomic E-state index is 0.918.